The second-order valence-electron chi connectivity index (χ2n) is 4.96. The van der Waals surface area contributed by atoms with Gasteiger partial charge < -0.3 is 15.2 Å². The number of benzene rings is 2. The maximum absolute atomic E-state index is 11.9. The highest BCUT2D eigenvalue weighted by Gasteiger charge is 2.06. The van der Waals surface area contributed by atoms with Crippen LogP contribution in [0.1, 0.15) is 16.7 Å². The Bertz CT molecular complexity index is 620. The van der Waals surface area contributed by atoms with Crippen molar-refractivity contribution in [2.45, 2.75) is 20.5 Å². The van der Waals surface area contributed by atoms with Crippen molar-refractivity contribution < 1.29 is 14.6 Å². The van der Waals surface area contributed by atoms with Gasteiger partial charge in [-0.25, -0.2) is 0 Å². The fraction of sp³-hybridized carbons (Fsp3) is 0.235. The molecule has 0 spiro atoms. The normalized spacial score (nSPS) is 10.2. The molecule has 4 heteroatoms. The van der Waals surface area contributed by atoms with Gasteiger partial charge >= 0.3 is 0 Å². The van der Waals surface area contributed by atoms with Gasteiger partial charge in [0.1, 0.15) is 5.75 Å². The molecule has 0 aromatic heterocycles. The van der Waals surface area contributed by atoms with E-state index in [1.807, 2.05) is 32.0 Å². The summed E-state index contributed by atoms with van der Waals surface area (Å²) in [4.78, 5) is 11.9. The largest absolute Gasteiger partial charge is 0.483 e. The van der Waals surface area contributed by atoms with Gasteiger partial charge in [0.2, 0.25) is 0 Å². The molecule has 2 aromatic rings. The third-order valence-corrected chi connectivity index (χ3v) is 3.12. The first kappa shape index (κ1) is 15.1. The molecule has 1 amide bonds. The van der Waals surface area contributed by atoms with Gasteiger partial charge in [-0.15, -0.1) is 0 Å². The first-order valence-corrected chi connectivity index (χ1v) is 6.78. The van der Waals surface area contributed by atoms with E-state index in [0.29, 0.717) is 5.69 Å². The molecule has 2 aromatic carbocycles. The highest BCUT2D eigenvalue weighted by atomic mass is 16.5. The van der Waals surface area contributed by atoms with E-state index < -0.39 is 0 Å². The Morgan fingerprint density at radius 1 is 1.14 bits per heavy atom. The van der Waals surface area contributed by atoms with Gasteiger partial charge in [0.15, 0.2) is 6.61 Å². The van der Waals surface area contributed by atoms with E-state index in [4.69, 9.17) is 9.84 Å². The van der Waals surface area contributed by atoms with Crippen LogP contribution in [0, 0.1) is 13.8 Å². The smallest absolute Gasteiger partial charge is 0.262 e. The number of ether oxygens (including phenoxy) is 1. The lowest BCUT2D eigenvalue weighted by molar-refractivity contribution is -0.118. The third kappa shape index (κ3) is 4.33. The molecule has 0 aliphatic rings. The minimum atomic E-state index is -0.215. The van der Waals surface area contributed by atoms with Gasteiger partial charge in [-0.3, -0.25) is 4.79 Å². The van der Waals surface area contributed by atoms with E-state index in [2.05, 4.69) is 5.32 Å². The van der Waals surface area contributed by atoms with E-state index in [1.165, 1.54) is 0 Å². The number of rotatable bonds is 5. The SMILES string of the molecule is Cc1ccc(C)c(OCC(=O)Nc2ccc(CO)cc2)c1. The molecule has 0 atom stereocenters. The molecule has 110 valence electrons. The van der Waals surface area contributed by atoms with Crippen molar-refractivity contribution in [1.29, 1.82) is 0 Å². The van der Waals surface area contributed by atoms with Crippen molar-refractivity contribution in [1.82, 2.24) is 0 Å². The summed E-state index contributed by atoms with van der Waals surface area (Å²) in [5.74, 6) is 0.508. The van der Waals surface area contributed by atoms with Crippen LogP contribution in [-0.4, -0.2) is 17.6 Å². The van der Waals surface area contributed by atoms with Crippen LogP contribution in [0.15, 0.2) is 42.5 Å². The molecule has 0 unspecified atom stereocenters. The topological polar surface area (TPSA) is 58.6 Å². The van der Waals surface area contributed by atoms with Crippen LogP contribution in [0.2, 0.25) is 0 Å². The lowest BCUT2D eigenvalue weighted by Crippen LogP contribution is -2.20. The number of anilines is 1. The Morgan fingerprint density at radius 2 is 1.86 bits per heavy atom. The van der Waals surface area contributed by atoms with Crippen molar-refractivity contribution in [2.75, 3.05) is 11.9 Å². The molecular weight excluding hydrogens is 266 g/mol. The van der Waals surface area contributed by atoms with E-state index in [1.54, 1.807) is 24.3 Å². The predicted molar refractivity (Wildman–Crippen MR) is 82.4 cm³/mol. The Kier molecular flexibility index (Phi) is 4.95. The van der Waals surface area contributed by atoms with Crippen molar-refractivity contribution in [3.63, 3.8) is 0 Å². The lowest BCUT2D eigenvalue weighted by atomic mass is 10.1. The van der Waals surface area contributed by atoms with Crippen LogP contribution in [-0.2, 0) is 11.4 Å². The van der Waals surface area contributed by atoms with Gasteiger partial charge in [-0.1, -0.05) is 24.3 Å². The van der Waals surface area contributed by atoms with Gasteiger partial charge in [0.25, 0.3) is 5.91 Å². The number of carbonyl (C=O) groups is 1. The summed E-state index contributed by atoms with van der Waals surface area (Å²) in [5.41, 5.74) is 3.58. The van der Waals surface area contributed by atoms with Crippen LogP contribution in [0.25, 0.3) is 0 Å². The predicted octanol–water partition coefficient (Wildman–Crippen LogP) is 2.81. The van der Waals surface area contributed by atoms with Gasteiger partial charge in [0, 0.05) is 5.69 Å². The molecule has 0 saturated heterocycles. The first-order valence-electron chi connectivity index (χ1n) is 6.78. The number of carbonyl (C=O) groups excluding carboxylic acids is 1. The second kappa shape index (κ2) is 6.90. The Hall–Kier alpha value is -2.33. The summed E-state index contributed by atoms with van der Waals surface area (Å²) in [6.07, 6.45) is 0. The Balaban J connectivity index is 1.91. The lowest BCUT2D eigenvalue weighted by Gasteiger charge is -2.10. The minimum Gasteiger partial charge on any atom is -0.483 e. The molecule has 2 rings (SSSR count). The highest BCUT2D eigenvalue weighted by Crippen LogP contribution is 2.19. The fourth-order valence-electron chi connectivity index (χ4n) is 1.90. The number of amides is 1. The summed E-state index contributed by atoms with van der Waals surface area (Å²) < 4.78 is 5.54. The number of hydrogen-bond donors (Lipinski definition) is 2. The Labute approximate surface area is 124 Å². The molecule has 21 heavy (non-hydrogen) atoms. The summed E-state index contributed by atoms with van der Waals surface area (Å²) in [6.45, 7) is 3.88. The molecular formula is C17H19NO3. The van der Waals surface area contributed by atoms with E-state index in [9.17, 15) is 4.79 Å². The summed E-state index contributed by atoms with van der Waals surface area (Å²) >= 11 is 0. The number of aryl methyl sites for hydroxylation is 2. The van der Waals surface area contributed by atoms with E-state index >= 15 is 0 Å². The average Bonchev–Trinajstić information content (AvgIpc) is 2.49. The van der Waals surface area contributed by atoms with Crippen LogP contribution < -0.4 is 10.1 Å². The zero-order chi connectivity index (χ0) is 15.2. The van der Waals surface area contributed by atoms with Crippen LogP contribution in [0.5, 0.6) is 5.75 Å². The Morgan fingerprint density at radius 3 is 2.52 bits per heavy atom. The van der Waals surface area contributed by atoms with Gasteiger partial charge in [-0.2, -0.15) is 0 Å². The van der Waals surface area contributed by atoms with Gasteiger partial charge in [-0.05, 0) is 48.7 Å². The number of nitrogens with one attached hydrogen (secondary N) is 1. The third-order valence-electron chi connectivity index (χ3n) is 3.12. The van der Waals surface area contributed by atoms with Crippen molar-refractivity contribution in [3.05, 3.63) is 59.2 Å². The van der Waals surface area contributed by atoms with Gasteiger partial charge in [0.05, 0.1) is 6.61 Å². The molecule has 0 saturated carbocycles. The number of aliphatic hydroxyl groups excluding tert-OH is 1. The van der Waals surface area contributed by atoms with E-state index in [0.717, 1.165) is 22.4 Å². The first-order chi connectivity index (χ1) is 10.1. The summed E-state index contributed by atoms with van der Waals surface area (Å²) in [6, 6.07) is 12.9. The zero-order valence-corrected chi connectivity index (χ0v) is 12.2. The van der Waals surface area contributed by atoms with Crippen molar-refractivity contribution in [2.24, 2.45) is 0 Å². The average molecular weight is 285 g/mol. The molecule has 2 N–H and O–H groups in total. The maximum atomic E-state index is 11.9. The molecule has 0 bridgehead atoms. The van der Waals surface area contributed by atoms with Crippen LogP contribution >= 0.6 is 0 Å². The van der Waals surface area contributed by atoms with Crippen molar-refractivity contribution in [3.8, 4) is 5.75 Å². The monoisotopic (exact) mass is 285 g/mol. The molecule has 4 nitrogen and oxygen atoms in total. The summed E-state index contributed by atoms with van der Waals surface area (Å²) in [5, 5.41) is 11.7. The second-order valence-corrected chi connectivity index (χ2v) is 4.96. The number of hydrogen-bond acceptors (Lipinski definition) is 3. The molecule has 0 radical (unpaired) electrons. The quantitative estimate of drug-likeness (QED) is 0.888. The molecule has 0 fully saturated rings. The van der Waals surface area contributed by atoms with Crippen LogP contribution in [0.3, 0.4) is 0 Å². The molecule has 0 aliphatic heterocycles. The van der Waals surface area contributed by atoms with E-state index in [-0.39, 0.29) is 19.1 Å². The molecule has 0 aliphatic carbocycles. The number of aliphatic hydroxyl groups is 1. The zero-order valence-electron chi connectivity index (χ0n) is 12.2. The summed E-state index contributed by atoms with van der Waals surface area (Å²) in [7, 11) is 0. The van der Waals surface area contributed by atoms with Crippen molar-refractivity contribution >= 4 is 11.6 Å². The molecule has 0 heterocycles. The fourth-order valence-corrected chi connectivity index (χ4v) is 1.90. The maximum Gasteiger partial charge on any atom is 0.262 e. The minimum absolute atomic E-state index is 0.00995. The standard InChI is InChI=1S/C17H19NO3/c1-12-3-4-13(2)16(9-12)21-11-17(20)18-15-7-5-14(10-19)6-8-15/h3-9,19H,10-11H2,1-2H3,(H,18,20). The van der Waals surface area contributed by atoms with Crippen LogP contribution in [0.4, 0.5) is 5.69 Å². The highest BCUT2D eigenvalue weighted by molar-refractivity contribution is 5.91.